The van der Waals surface area contributed by atoms with Gasteiger partial charge in [-0.15, -0.1) is 5.10 Å². The van der Waals surface area contributed by atoms with E-state index in [1.165, 1.54) is 71.1 Å². The van der Waals surface area contributed by atoms with E-state index in [-0.39, 0.29) is 82.1 Å². The molecule has 306 valence electrons. The van der Waals surface area contributed by atoms with Crippen LogP contribution in [0.25, 0.3) is 0 Å². The second-order valence-corrected chi connectivity index (χ2v) is 15.3. The molecule has 0 unspecified atom stereocenters. The molecule has 0 atom stereocenters. The summed E-state index contributed by atoms with van der Waals surface area (Å²) < 4.78 is 47.7. The molecule has 1 aliphatic rings. The van der Waals surface area contributed by atoms with Crippen LogP contribution in [0.15, 0.2) is 15.4 Å². The number of amides is 2. The highest BCUT2D eigenvalue weighted by Crippen LogP contribution is 2.14. The minimum absolute atomic E-state index is 0.0129. The molecule has 0 aromatic carbocycles. The number of sulfonamides is 1. The highest BCUT2D eigenvalue weighted by atomic mass is 32.2. The van der Waals surface area contributed by atoms with Gasteiger partial charge in [0, 0.05) is 32.4 Å². The number of ketones is 2. The van der Waals surface area contributed by atoms with Gasteiger partial charge in [0.05, 0.1) is 44.5 Å². The van der Waals surface area contributed by atoms with Gasteiger partial charge in [0.25, 0.3) is 0 Å². The third kappa shape index (κ3) is 33.6. The van der Waals surface area contributed by atoms with Gasteiger partial charge in [-0.1, -0.05) is 77.0 Å². The summed E-state index contributed by atoms with van der Waals surface area (Å²) in [4.78, 5) is 46.7. The van der Waals surface area contributed by atoms with E-state index in [2.05, 4.69) is 25.5 Å². The molecule has 0 saturated heterocycles. The zero-order valence-corrected chi connectivity index (χ0v) is 33.1. The predicted molar refractivity (Wildman–Crippen MR) is 203 cm³/mol. The van der Waals surface area contributed by atoms with Crippen LogP contribution >= 0.6 is 0 Å². The van der Waals surface area contributed by atoms with Gasteiger partial charge >= 0.3 is 0 Å². The molecule has 1 rings (SSSR count). The van der Waals surface area contributed by atoms with E-state index < -0.39 is 15.9 Å². The van der Waals surface area contributed by atoms with Crippen molar-refractivity contribution >= 4 is 39.1 Å². The maximum atomic E-state index is 12.2. The van der Waals surface area contributed by atoms with E-state index >= 15 is 0 Å². The van der Waals surface area contributed by atoms with Gasteiger partial charge in [0.2, 0.25) is 21.8 Å². The van der Waals surface area contributed by atoms with E-state index in [1.807, 2.05) is 0 Å². The van der Waals surface area contributed by atoms with E-state index in [0.717, 1.165) is 31.4 Å². The summed E-state index contributed by atoms with van der Waals surface area (Å²) in [6.07, 6.45) is 18.6. The van der Waals surface area contributed by atoms with Crippen LogP contribution < -0.4 is 10.0 Å². The third-order valence-corrected chi connectivity index (χ3v) is 9.70. The van der Waals surface area contributed by atoms with Gasteiger partial charge in [-0.25, -0.2) is 8.42 Å². The molecule has 0 bridgehead atoms. The fourth-order valence-electron chi connectivity index (χ4n) is 5.44. The summed E-state index contributed by atoms with van der Waals surface area (Å²) in [6, 6.07) is 0. The molecular weight excluding hydrogens is 706 g/mol. The zero-order chi connectivity index (χ0) is 38.7. The molecule has 0 radical (unpaired) electrons. The summed E-state index contributed by atoms with van der Waals surface area (Å²) in [5.74, 6) is -1.17. The molecule has 15 nitrogen and oxygen atoms in total. The first kappa shape index (κ1) is 48.4. The second kappa shape index (κ2) is 33.9. The molecule has 0 aromatic rings. The van der Waals surface area contributed by atoms with Gasteiger partial charge in [0.15, 0.2) is 11.6 Å². The van der Waals surface area contributed by atoms with Crippen LogP contribution in [0.5, 0.6) is 0 Å². The molecule has 53 heavy (non-hydrogen) atoms. The molecule has 0 aromatic heterocycles. The van der Waals surface area contributed by atoms with E-state index in [1.54, 1.807) is 0 Å². The van der Waals surface area contributed by atoms with Gasteiger partial charge in [-0.3, -0.25) is 23.9 Å². The van der Waals surface area contributed by atoms with Gasteiger partial charge < -0.3 is 24.3 Å². The summed E-state index contributed by atoms with van der Waals surface area (Å²) in [5.41, 5.74) is 1.12. The summed E-state index contributed by atoms with van der Waals surface area (Å²) in [6.45, 7) is 4.34. The van der Waals surface area contributed by atoms with E-state index in [9.17, 15) is 27.6 Å². The first-order chi connectivity index (χ1) is 25.7. The quantitative estimate of drug-likeness (QED) is 0.0763. The van der Waals surface area contributed by atoms with Crippen LogP contribution in [0, 0.1) is 0 Å². The maximum absolute atomic E-state index is 12.2. The van der Waals surface area contributed by atoms with E-state index in [0.29, 0.717) is 45.6 Å². The minimum atomic E-state index is -3.78. The van der Waals surface area contributed by atoms with Crippen molar-refractivity contribution in [2.24, 2.45) is 15.4 Å². The predicted octanol–water partition coefficient (Wildman–Crippen LogP) is 5.40. The maximum Gasteiger partial charge on any atom is 0.234 e. The van der Waals surface area contributed by atoms with Crippen molar-refractivity contribution in [1.29, 1.82) is 0 Å². The zero-order valence-electron chi connectivity index (χ0n) is 32.3. The van der Waals surface area contributed by atoms with Crippen molar-refractivity contribution in [3.05, 3.63) is 0 Å². The Kier molecular flexibility index (Phi) is 30.9. The Labute approximate surface area is 317 Å². The molecule has 1 aliphatic heterocycles. The van der Waals surface area contributed by atoms with Gasteiger partial charge in [-0.05, 0) is 44.3 Å². The van der Waals surface area contributed by atoms with Crippen molar-refractivity contribution in [3.63, 3.8) is 0 Å². The third-order valence-electron chi connectivity index (χ3n) is 8.33. The number of carbonyl (C=O) groups is 4. The van der Waals surface area contributed by atoms with Crippen molar-refractivity contribution in [2.45, 2.75) is 135 Å². The van der Waals surface area contributed by atoms with Crippen LogP contribution in [0.1, 0.15) is 135 Å². The fraction of sp³-hybridized carbons (Fsp3) is 0.865. The molecule has 2 N–H and O–H groups in total. The average Bonchev–Trinajstić information content (AvgIpc) is 3.63. The van der Waals surface area contributed by atoms with Crippen LogP contribution in [-0.4, -0.2) is 109 Å². The number of rotatable bonds is 39. The van der Waals surface area contributed by atoms with Crippen LogP contribution in [-0.2, 0) is 48.1 Å². The van der Waals surface area contributed by atoms with Crippen molar-refractivity contribution in [2.75, 3.05) is 71.7 Å². The first-order valence-electron chi connectivity index (χ1n) is 19.7. The number of hydrogen-bond donors (Lipinski definition) is 2. The summed E-state index contributed by atoms with van der Waals surface area (Å²) in [5, 5.41) is 14.2. The average molecular weight is 774 g/mol. The Morgan fingerprint density at radius 3 is 1.75 bits per heavy atom. The van der Waals surface area contributed by atoms with Gasteiger partial charge in [-0.2, -0.15) is 5.11 Å². The molecular formula is C37H67N5O10S. The highest BCUT2D eigenvalue weighted by Gasteiger charge is 2.15. The Morgan fingerprint density at radius 1 is 0.604 bits per heavy atom. The molecule has 2 amide bonds. The number of nitrogens with one attached hydrogen (secondary N) is 2. The van der Waals surface area contributed by atoms with Crippen molar-refractivity contribution < 1.29 is 46.5 Å². The topological polar surface area (TPSA) is 200 Å². The Balaban J connectivity index is 1.84. The summed E-state index contributed by atoms with van der Waals surface area (Å²) in [7, 11) is -3.78. The van der Waals surface area contributed by atoms with E-state index in [4.69, 9.17) is 18.9 Å². The molecule has 0 spiro atoms. The number of carbonyl (C=O) groups excluding carboxylic acids is 4. The highest BCUT2D eigenvalue weighted by molar-refractivity contribution is 7.90. The minimum Gasteiger partial charge on any atom is -0.379 e. The van der Waals surface area contributed by atoms with Crippen LogP contribution in [0.3, 0.4) is 0 Å². The number of hydrogen-bond acceptors (Lipinski definition) is 13. The molecule has 0 aliphatic carbocycles. The molecule has 1 heterocycles. The van der Waals surface area contributed by atoms with Crippen molar-refractivity contribution in [1.82, 2.24) is 10.0 Å². The molecule has 0 saturated carbocycles. The smallest absolute Gasteiger partial charge is 0.234 e. The lowest BCUT2D eigenvalue weighted by Crippen LogP contribution is -2.33. The monoisotopic (exact) mass is 773 g/mol. The first-order valence-corrected chi connectivity index (χ1v) is 21.4. The standard InChI is InChI=1S/C37H67N5O10S/c1-33(43)31-51-27-25-49-23-16-19-35(44)32-52-28-26-50-24-22-38-36(45)21-17-29-53(47,48)41-37(46)20-15-13-11-9-7-5-3-2-4-6-8-10-12-14-18-34-30-39-42-40-34/h2-32H2,1H3,(H,38,45)(H,41,46). The Bertz CT molecular complexity index is 1170. The number of ether oxygens (including phenoxy) is 4. The molecule has 0 fully saturated rings. The van der Waals surface area contributed by atoms with Gasteiger partial charge in [0.1, 0.15) is 19.8 Å². The number of Topliss-reactive ketones (excluding diaryl/α,β-unsaturated/α-hetero) is 2. The molecule has 16 heteroatoms. The summed E-state index contributed by atoms with van der Waals surface area (Å²) >= 11 is 0. The number of unbranched alkanes of at least 4 members (excludes halogenated alkanes) is 13. The fourth-order valence-corrected chi connectivity index (χ4v) is 6.51. The lowest BCUT2D eigenvalue weighted by Gasteiger charge is -2.08. The SMILES string of the molecule is CC(=O)COCCOCCCC(=O)COCCOCCNC(=O)CCCS(=O)(=O)NC(=O)CCCCCCCCCCCCCCCCC1=NN=NC1. The Morgan fingerprint density at radius 2 is 1.15 bits per heavy atom. The Hall–Kier alpha value is -2.66. The van der Waals surface area contributed by atoms with Crippen LogP contribution in [0.4, 0.5) is 0 Å². The lowest BCUT2D eigenvalue weighted by molar-refractivity contribution is -0.125. The number of nitrogens with zero attached hydrogens (tertiary/aromatic N) is 3. The lowest BCUT2D eigenvalue weighted by atomic mass is 10.0. The largest absolute Gasteiger partial charge is 0.379 e. The normalized spacial score (nSPS) is 12.6. The van der Waals surface area contributed by atoms with Crippen molar-refractivity contribution in [3.8, 4) is 0 Å². The second-order valence-electron chi connectivity index (χ2n) is 13.5. The van der Waals surface area contributed by atoms with Crippen LogP contribution in [0.2, 0.25) is 0 Å².